The number of aromatic nitrogens is 1. The fraction of sp³-hybridized carbons (Fsp3) is 0.320. The Morgan fingerprint density at radius 3 is 2.36 bits per heavy atom. The zero-order valence-electron chi connectivity index (χ0n) is 17.9. The van der Waals surface area contributed by atoms with Crippen molar-refractivity contribution < 1.29 is 19.8 Å². The Morgan fingerprint density at radius 1 is 0.970 bits per heavy atom. The summed E-state index contributed by atoms with van der Waals surface area (Å²) in [5.41, 5.74) is 1.45. The molecule has 2 aromatic carbocycles. The normalized spacial score (nSPS) is 23.3. The molecule has 2 fully saturated rings. The molecule has 0 radical (unpaired) electrons. The number of imide groups is 1. The van der Waals surface area contributed by atoms with Gasteiger partial charge in [0.2, 0.25) is 17.4 Å². The molecule has 3 aromatic rings. The second-order valence-electron chi connectivity index (χ2n) is 8.84. The quantitative estimate of drug-likeness (QED) is 0.428. The van der Waals surface area contributed by atoms with E-state index in [-0.39, 0.29) is 53.1 Å². The van der Waals surface area contributed by atoms with Crippen LogP contribution in [0.25, 0.3) is 10.9 Å². The van der Waals surface area contributed by atoms with Crippen LogP contribution in [0, 0.1) is 11.8 Å². The number of hydrogen-bond donors (Lipinski definition) is 4. The Kier molecular flexibility index (Phi) is 5.47. The molecule has 8 heteroatoms. The molecule has 33 heavy (non-hydrogen) atoms. The van der Waals surface area contributed by atoms with Gasteiger partial charge in [0.25, 0.3) is 0 Å². The smallest absolute Gasteiger partial charge is 0.248 e. The fourth-order valence-corrected chi connectivity index (χ4v) is 5.12. The number of carbonyl (C=O) groups is 2. The monoisotopic (exact) mass is 447 g/mol. The van der Waals surface area contributed by atoms with E-state index in [1.54, 1.807) is 12.1 Å². The summed E-state index contributed by atoms with van der Waals surface area (Å²) >= 11 is 0. The molecule has 2 amide bonds. The van der Waals surface area contributed by atoms with Crippen molar-refractivity contribution in [2.75, 3.05) is 6.54 Å². The number of nitrogens with zero attached hydrogens (tertiary/aromatic N) is 1. The molecule has 1 aliphatic carbocycles. The second kappa shape index (κ2) is 8.46. The molecule has 1 aromatic heterocycles. The van der Waals surface area contributed by atoms with Gasteiger partial charge in [0.05, 0.1) is 30.0 Å². The lowest BCUT2D eigenvalue weighted by atomic mass is 10.00. The molecule has 0 bridgehead atoms. The summed E-state index contributed by atoms with van der Waals surface area (Å²) in [5, 5.41) is 24.7. The number of hydrogen-bond acceptors (Lipinski definition) is 6. The molecule has 5 rings (SSSR count). The average Bonchev–Trinajstić information content (AvgIpc) is 3.33. The van der Waals surface area contributed by atoms with Crippen LogP contribution in [-0.2, 0) is 16.1 Å². The van der Waals surface area contributed by atoms with Gasteiger partial charge in [-0.15, -0.1) is 0 Å². The van der Waals surface area contributed by atoms with Crippen LogP contribution in [-0.4, -0.2) is 44.5 Å². The van der Waals surface area contributed by atoms with E-state index in [2.05, 4.69) is 10.3 Å². The standard InChI is InChI=1S/C25H25N3O5/c29-20-8-6-16(17-7-9-22(31)27-23(17)20)21(30)12-26-15-10-18-19(11-15)25(33)28(24(18)32)13-14-4-2-1-3-5-14/h1-9,15,18-19,21,26,29-30H,10-13H2,(H,27,31)/t15?,18?,19?,21-/m0/s1. The lowest BCUT2D eigenvalue weighted by molar-refractivity contribution is -0.141. The first-order chi connectivity index (χ1) is 15.9. The molecule has 4 N–H and O–H groups in total. The van der Waals surface area contributed by atoms with Crippen LogP contribution in [0.15, 0.2) is 59.4 Å². The third kappa shape index (κ3) is 3.92. The van der Waals surface area contributed by atoms with E-state index in [0.717, 1.165) is 5.56 Å². The van der Waals surface area contributed by atoms with Crippen LogP contribution < -0.4 is 10.9 Å². The number of aliphatic hydroxyl groups excluding tert-OH is 1. The molecule has 1 saturated heterocycles. The van der Waals surface area contributed by atoms with Crippen LogP contribution in [0.4, 0.5) is 0 Å². The van der Waals surface area contributed by atoms with Gasteiger partial charge in [0.15, 0.2) is 0 Å². The van der Waals surface area contributed by atoms with Crippen LogP contribution in [0.5, 0.6) is 5.75 Å². The molecule has 1 aliphatic heterocycles. The number of amides is 2. The highest BCUT2D eigenvalue weighted by Crippen LogP contribution is 2.40. The highest BCUT2D eigenvalue weighted by molar-refractivity contribution is 6.05. The molecule has 170 valence electrons. The van der Waals surface area contributed by atoms with Gasteiger partial charge in [-0.2, -0.15) is 0 Å². The predicted molar refractivity (Wildman–Crippen MR) is 121 cm³/mol. The topological polar surface area (TPSA) is 123 Å². The molecule has 1 saturated carbocycles. The molecule has 2 aliphatic rings. The number of benzene rings is 2. The van der Waals surface area contributed by atoms with Gasteiger partial charge in [-0.25, -0.2) is 0 Å². The highest BCUT2D eigenvalue weighted by atomic mass is 16.3. The molecule has 3 atom stereocenters. The van der Waals surface area contributed by atoms with Gasteiger partial charge in [-0.3, -0.25) is 19.3 Å². The summed E-state index contributed by atoms with van der Waals surface area (Å²) in [5.74, 6) is -0.947. The van der Waals surface area contributed by atoms with Gasteiger partial charge in [0.1, 0.15) is 5.75 Å². The van der Waals surface area contributed by atoms with Crippen molar-refractivity contribution in [3.8, 4) is 5.75 Å². The van der Waals surface area contributed by atoms with Gasteiger partial charge >= 0.3 is 0 Å². The molecule has 2 unspecified atom stereocenters. The van der Waals surface area contributed by atoms with Gasteiger partial charge in [-0.1, -0.05) is 36.4 Å². The first-order valence-electron chi connectivity index (χ1n) is 11.1. The van der Waals surface area contributed by atoms with Crippen molar-refractivity contribution in [2.24, 2.45) is 11.8 Å². The van der Waals surface area contributed by atoms with E-state index in [0.29, 0.717) is 30.3 Å². The van der Waals surface area contributed by atoms with E-state index < -0.39 is 6.10 Å². The zero-order chi connectivity index (χ0) is 23.1. The Morgan fingerprint density at radius 2 is 1.67 bits per heavy atom. The first kappa shape index (κ1) is 21.4. The maximum atomic E-state index is 12.9. The number of rotatable bonds is 6. The minimum Gasteiger partial charge on any atom is -0.506 e. The van der Waals surface area contributed by atoms with E-state index in [4.69, 9.17) is 0 Å². The van der Waals surface area contributed by atoms with E-state index in [9.17, 15) is 24.6 Å². The maximum absolute atomic E-state index is 12.9. The Labute approximate surface area is 189 Å². The molecule has 0 spiro atoms. The molecule has 2 heterocycles. The minimum atomic E-state index is -0.888. The van der Waals surface area contributed by atoms with E-state index in [1.165, 1.54) is 17.0 Å². The van der Waals surface area contributed by atoms with Crippen molar-refractivity contribution in [1.82, 2.24) is 15.2 Å². The summed E-state index contributed by atoms with van der Waals surface area (Å²) in [6.45, 7) is 0.525. The Bertz CT molecular complexity index is 1250. The lowest BCUT2D eigenvalue weighted by Gasteiger charge is -2.21. The van der Waals surface area contributed by atoms with Crippen LogP contribution in [0.3, 0.4) is 0 Å². The third-order valence-electron chi connectivity index (χ3n) is 6.78. The number of aliphatic hydroxyl groups is 1. The lowest BCUT2D eigenvalue weighted by Crippen LogP contribution is -2.36. The molecule has 8 nitrogen and oxygen atoms in total. The fourth-order valence-electron chi connectivity index (χ4n) is 5.12. The summed E-state index contributed by atoms with van der Waals surface area (Å²) in [7, 11) is 0. The van der Waals surface area contributed by atoms with Crippen molar-refractivity contribution in [1.29, 1.82) is 0 Å². The number of aromatic amines is 1. The predicted octanol–water partition coefficient (Wildman–Crippen LogP) is 1.82. The largest absolute Gasteiger partial charge is 0.506 e. The van der Waals surface area contributed by atoms with Crippen molar-refractivity contribution in [2.45, 2.75) is 31.5 Å². The van der Waals surface area contributed by atoms with Gasteiger partial charge in [-0.05, 0) is 36.1 Å². The summed E-state index contributed by atoms with van der Waals surface area (Å²) in [4.78, 5) is 41.3. The Balaban J connectivity index is 1.23. The number of phenols is 1. The number of likely N-dealkylation sites (tertiary alicyclic amines) is 1. The Hall–Kier alpha value is -3.49. The average molecular weight is 447 g/mol. The third-order valence-corrected chi connectivity index (χ3v) is 6.78. The van der Waals surface area contributed by atoms with Crippen LogP contribution in [0.1, 0.15) is 30.1 Å². The number of phenolic OH excluding ortho intramolecular Hbond substituents is 1. The van der Waals surface area contributed by atoms with E-state index in [1.807, 2.05) is 30.3 Å². The zero-order valence-corrected chi connectivity index (χ0v) is 17.9. The van der Waals surface area contributed by atoms with Gasteiger partial charge in [0, 0.05) is 24.0 Å². The van der Waals surface area contributed by atoms with E-state index >= 15 is 0 Å². The SMILES string of the molecule is O=C1C2CC(NC[C@H](O)c3ccc(O)c4[nH]c(=O)ccc34)CC2C(=O)N1Cc1ccccc1. The molecular weight excluding hydrogens is 422 g/mol. The number of pyridine rings is 1. The highest BCUT2D eigenvalue weighted by Gasteiger charge is 2.52. The summed E-state index contributed by atoms with van der Waals surface area (Å²) < 4.78 is 0. The number of fused-ring (bicyclic) bond motifs is 2. The summed E-state index contributed by atoms with van der Waals surface area (Å²) in [6.07, 6.45) is 0.216. The van der Waals surface area contributed by atoms with Crippen molar-refractivity contribution >= 4 is 22.7 Å². The number of aromatic hydroxyl groups is 1. The number of nitrogens with one attached hydrogen (secondary N) is 2. The second-order valence-corrected chi connectivity index (χ2v) is 8.84. The summed E-state index contributed by atoms with van der Waals surface area (Å²) in [6, 6.07) is 15.4. The maximum Gasteiger partial charge on any atom is 0.248 e. The van der Waals surface area contributed by atoms with Crippen molar-refractivity contribution in [3.63, 3.8) is 0 Å². The number of H-pyrrole nitrogens is 1. The van der Waals surface area contributed by atoms with Gasteiger partial charge < -0.3 is 20.5 Å². The van der Waals surface area contributed by atoms with Crippen molar-refractivity contribution in [3.05, 3.63) is 76.1 Å². The minimum absolute atomic E-state index is 0.0513. The first-order valence-corrected chi connectivity index (χ1v) is 11.1. The van der Waals surface area contributed by atoms with Crippen LogP contribution in [0.2, 0.25) is 0 Å². The van der Waals surface area contributed by atoms with Crippen LogP contribution >= 0.6 is 0 Å². The molecular formula is C25H25N3O5. The number of carbonyl (C=O) groups excluding carboxylic acids is 2.